The summed E-state index contributed by atoms with van der Waals surface area (Å²) in [5, 5.41) is 2.16. The van der Waals surface area contributed by atoms with Gasteiger partial charge in [-0.1, -0.05) is 36.4 Å². The van der Waals surface area contributed by atoms with Crippen LogP contribution in [0.25, 0.3) is 10.8 Å². The lowest BCUT2D eigenvalue weighted by atomic mass is 10.1. The molecule has 0 heterocycles. The molecule has 3 nitrogen and oxygen atoms in total. The van der Waals surface area contributed by atoms with E-state index in [0.717, 1.165) is 22.4 Å². The number of benzene rings is 3. The molecule has 3 rings (SSSR count). The SMILES string of the molecule is Cc1cc(F)ccc1S(=O)(=O)NCc1ccc2ccccc2c1. The van der Waals surface area contributed by atoms with E-state index in [-0.39, 0.29) is 11.4 Å². The van der Waals surface area contributed by atoms with Gasteiger partial charge >= 0.3 is 0 Å². The van der Waals surface area contributed by atoms with Crippen molar-refractivity contribution in [3.05, 3.63) is 77.6 Å². The van der Waals surface area contributed by atoms with Crippen LogP contribution in [0, 0.1) is 12.7 Å². The van der Waals surface area contributed by atoms with Crippen LogP contribution in [0.5, 0.6) is 0 Å². The lowest BCUT2D eigenvalue weighted by Crippen LogP contribution is -2.24. The van der Waals surface area contributed by atoms with Crippen LogP contribution < -0.4 is 4.72 Å². The van der Waals surface area contributed by atoms with Crippen molar-refractivity contribution in [3.63, 3.8) is 0 Å². The number of aryl methyl sites for hydroxylation is 1. The van der Waals surface area contributed by atoms with Crippen molar-refractivity contribution in [1.29, 1.82) is 0 Å². The molecule has 23 heavy (non-hydrogen) atoms. The number of sulfonamides is 1. The Hall–Kier alpha value is -2.24. The van der Waals surface area contributed by atoms with Gasteiger partial charge in [-0.05, 0) is 53.1 Å². The fraction of sp³-hybridized carbons (Fsp3) is 0.111. The zero-order valence-corrected chi connectivity index (χ0v) is 13.4. The molecule has 3 aromatic rings. The zero-order valence-electron chi connectivity index (χ0n) is 12.6. The quantitative estimate of drug-likeness (QED) is 0.792. The third kappa shape index (κ3) is 3.41. The maximum Gasteiger partial charge on any atom is 0.241 e. The van der Waals surface area contributed by atoms with Crippen molar-refractivity contribution in [2.45, 2.75) is 18.4 Å². The van der Waals surface area contributed by atoms with Crippen LogP contribution in [0.3, 0.4) is 0 Å². The van der Waals surface area contributed by atoms with Crippen LogP contribution in [0.4, 0.5) is 4.39 Å². The van der Waals surface area contributed by atoms with Gasteiger partial charge in [-0.2, -0.15) is 0 Å². The molecule has 118 valence electrons. The molecule has 0 saturated carbocycles. The normalized spacial score (nSPS) is 11.7. The summed E-state index contributed by atoms with van der Waals surface area (Å²) in [5.74, 6) is -0.448. The van der Waals surface area contributed by atoms with Gasteiger partial charge in [0.25, 0.3) is 0 Å². The largest absolute Gasteiger partial charge is 0.241 e. The minimum atomic E-state index is -3.68. The molecule has 0 aromatic heterocycles. The van der Waals surface area contributed by atoms with E-state index in [2.05, 4.69) is 4.72 Å². The van der Waals surface area contributed by atoms with Crippen LogP contribution >= 0.6 is 0 Å². The number of nitrogens with one attached hydrogen (secondary N) is 1. The number of fused-ring (bicyclic) bond motifs is 1. The molecule has 0 amide bonds. The Morgan fingerprint density at radius 2 is 1.70 bits per heavy atom. The summed E-state index contributed by atoms with van der Waals surface area (Å²) < 4.78 is 40.4. The molecule has 3 aromatic carbocycles. The third-order valence-electron chi connectivity index (χ3n) is 3.71. The van der Waals surface area contributed by atoms with Crippen LogP contribution in [0.15, 0.2) is 65.6 Å². The van der Waals surface area contributed by atoms with Crippen molar-refractivity contribution < 1.29 is 12.8 Å². The molecule has 1 N–H and O–H groups in total. The first-order valence-corrected chi connectivity index (χ1v) is 8.67. The van der Waals surface area contributed by atoms with Crippen molar-refractivity contribution in [2.75, 3.05) is 0 Å². The number of rotatable bonds is 4. The van der Waals surface area contributed by atoms with Gasteiger partial charge in [0.05, 0.1) is 4.90 Å². The molecule has 0 atom stereocenters. The maximum absolute atomic E-state index is 13.1. The first-order valence-electron chi connectivity index (χ1n) is 7.19. The number of hydrogen-bond acceptors (Lipinski definition) is 2. The average molecular weight is 329 g/mol. The van der Waals surface area contributed by atoms with Crippen molar-refractivity contribution in [2.24, 2.45) is 0 Å². The Balaban J connectivity index is 1.83. The van der Waals surface area contributed by atoms with E-state index >= 15 is 0 Å². The molecule has 0 saturated heterocycles. The second kappa shape index (κ2) is 6.10. The van der Waals surface area contributed by atoms with Crippen molar-refractivity contribution in [1.82, 2.24) is 4.72 Å². The van der Waals surface area contributed by atoms with E-state index in [1.165, 1.54) is 12.1 Å². The van der Waals surface area contributed by atoms with Gasteiger partial charge in [0.15, 0.2) is 0 Å². The minimum absolute atomic E-state index is 0.0969. The highest BCUT2D eigenvalue weighted by Crippen LogP contribution is 2.18. The lowest BCUT2D eigenvalue weighted by Gasteiger charge is -2.10. The summed E-state index contributed by atoms with van der Waals surface area (Å²) in [4.78, 5) is 0.0969. The molecule has 0 fully saturated rings. The fourth-order valence-corrected chi connectivity index (χ4v) is 3.76. The Labute approximate surface area is 134 Å². The fourth-order valence-electron chi connectivity index (χ4n) is 2.52. The molecule has 0 bridgehead atoms. The zero-order chi connectivity index (χ0) is 16.4. The standard InChI is InChI=1S/C18H16FNO2S/c1-13-10-17(19)8-9-18(13)23(21,22)20-12-14-6-7-15-4-2-3-5-16(15)11-14/h2-11,20H,12H2,1H3. The Kier molecular flexibility index (Phi) is 4.15. The summed E-state index contributed by atoms with van der Waals surface area (Å²) in [6, 6.07) is 17.3. The van der Waals surface area contributed by atoms with Crippen LogP contribution in [0.1, 0.15) is 11.1 Å². The molecule has 0 radical (unpaired) electrons. The maximum atomic E-state index is 13.1. The van der Waals surface area contributed by atoms with Gasteiger partial charge in [0.1, 0.15) is 5.82 Å². The summed E-state index contributed by atoms with van der Waals surface area (Å²) >= 11 is 0. The van der Waals surface area contributed by atoms with E-state index in [9.17, 15) is 12.8 Å². The smallest absolute Gasteiger partial charge is 0.207 e. The first kappa shape index (κ1) is 15.6. The molecule has 0 unspecified atom stereocenters. The van der Waals surface area contributed by atoms with Crippen LogP contribution in [-0.4, -0.2) is 8.42 Å². The van der Waals surface area contributed by atoms with Gasteiger partial charge in [-0.3, -0.25) is 0 Å². The van der Waals surface area contributed by atoms with E-state index in [1.807, 2.05) is 42.5 Å². The predicted molar refractivity (Wildman–Crippen MR) is 89.1 cm³/mol. The van der Waals surface area contributed by atoms with Gasteiger partial charge in [0.2, 0.25) is 10.0 Å². The van der Waals surface area contributed by atoms with E-state index in [1.54, 1.807) is 6.92 Å². The number of halogens is 1. The van der Waals surface area contributed by atoms with E-state index in [0.29, 0.717) is 5.56 Å². The molecule has 5 heteroatoms. The molecule has 0 aliphatic carbocycles. The highest BCUT2D eigenvalue weighted by Gasteiger charge is 2.16. The molecule has 0 aliphatic rings. The van der Waals surface area contributed by atoms with Gasteiger partial charge in [-0.15, -0.1) is 0 Å². The van der Waals surface area contributed by atoms with Crippen molar-refractivity contribution in [3.8, 4) is 0 Å². The average Bonchev–Trinajstić information content (AvgIpc) is 2.52. The van der Waals surface area contributed by atoms with Crippen LogP contribution in [-0.2, 0) is 16.6 Å². The van der Waals surface area contributed by atoms with Crippen LogP contribution in [0.2, 0.25) is 0 Å². The molecule has 0 spiro atoms. The highest BCUT2D eigenvalue weighted by molar-refractivity contribution is 7.89. The van der Waals surface area contributed by atoms with E-state index < -0.39 is 15.8 Å². The monoisotopic (exact) mass is 329 g/mol. The minimum Gasteiger partial charge on any atom is -0.207 e. The summed E-state index contributed by atoms with van der Waals surface area (Å²) in [6.45, 7) is 1.76. The summed E-state index contributed by atoms with van der Waals surface area (Å²) in [6.07, 6.45) is 0. The molecular weight excluding hydrogens is 313 g/mol. The predicted octanol–water partition coefficient (Wildman–Crippen LogP) is 3.77. The Bertz CT molecular complexity index is 968. The first-order chi connectivity index (χ1) is 11.0. The Morgan fingerprint density at radius 3 is 2.43 bits per heavy atom. The molecular formula is C18H16FNO2S. The number of hydrogen-bond donors (Lipinski definition) is 1. The topological polar surface area (TPSA) is 46.2 Å². The lowest BCUT2D eigenvalue weighted by molar-refractivity contribution is 0.579. The second-order valence-corrected chi connectivity index (χ2v) is 7.15. The molecule has 0 aliphatic heterocycles. The summed E-state index contributed by atoms with van der Waals surface area (Å²) in [7, 11) is -3.68. The van der Waals surface area contributed by atoms with Gasteiger partial charge < -0.3 is 0 Å². The van der Waals surface area contributed by atoms with Crippen molar-refractivity contribution >= 4 is 20.8 Å². The summed E-state index contributed by atoms with van der Waals surface area (Å²) in [5.41, 5.74) is 1.25. The highest BCUT2D eigenvalue weighted by atomic mass is 32.2. The third-order valence-corrected chi connectivity index (χ3v) is 5.27. The Morgan fingerprint density at radius 1 is 0.957 bits per heavy atom. The second-order valence-electron chi connectivity index (χ2n) is 5.42. The van der Waals surface area contributed by atoms with Gasteiger partial charge in [-0.25, -0.2) is 17.5 Å². The van der Waals surface area contributed by atoms with Gasteiger partial charge in [0, 0.05) is 6.54 Å². The van der Waals surface area contributed by atoms with E-state index in [4.69, 9.17) is 0 Å².